The monoisotopic (exact) mass is 544 g/mol. The first-order valence-electron chi connectivity index (χ1n) is 7.83. The van der Waals surface area contributed by atoms with Crippen LogP contribution in [0.4, 0.5) is 4.39 Å². The van der Waals surface area contributed by atoms with Gasteiger partial charge < -0.3 is 10.6 Å². The van der Waals surface area contributed by atoms with Gasteiger partial charge in [0.05, 0.1) is 6.54 Å². The van der Waals surface area contributed by atoms with Crippen LogP contribution in [0, 0.1) is 5.82 Å². The fourth-order valence-corrected chi connectivity index (χ4v) is 4.57. The van der Waals surface area contributed by atoms with E-state index in [0.717, 1.165) is 39.8 Å². The summed E-state index contributed by atoms with van der Waals surface area (Å²) >= 11 is 2.80. The van der Waals surface area contributed by atoms with Crippen LogP contribution in [0.5, 0.6) is 0 Å². The lowest BCUT2D eigenvalue weighted by Gasteiger charge is -2.11. The summed E-state index contributed by atoms with van der Waals surface area (Å²) in [7, 11) is -1.98. The molecule has 11 heteroatoms. The molecule has 1 heterocycles. The average molecular weight is 544 g/mol. The lowest BCUT2D eigenvalue weighted by molar-refractivity contribution is 0.600. The fraction of sp³-hybridized carbons (Fsp3) is 0.312. The van der Waals surface area contributed by atoms with E-state index in [1.54, 1.807) is 37.0 Å². The number of hydrogen-bond acceptors (Lipinski definition) is 5. The topological polar surface area (TPSA) is 96.6 Å². The second-order valence-electron chi connectivity index (χ2n) is 5.27. The Balaban J connectivity index is 0.00000364. The Morgan fingerprint density at radius 1 is 1.22 bits per heavy atom. The molecule has 0 bridgehead atoms. The molecule has 1 aromatic heterocycles. The Hall–Kier alpha value is -0.890. The van der Waals surface area contributed by atoms with Gasteiger partial charge in [-0.15, -0.1) is 47.1 Å². The number of primary sulfonamides is 1. The molecule has 0 aliphatic heterocycles. The fourth-order valence-electron chi connectivity index (χ4n) is 2.00. The molecule has 6 nitrogen and oxygen atoms in total. The highest BCUT2D eigenvalue weighted by Gasteiger charge is 2.11. The standard InChI is InChI=1S/C16H21FN4O2S3.HI/c1-19-16(21-11-14-7-8-15(25-14)26(18,22)23)20-9-2-10-24-13-5-3-12(17)4-6-13;/h3-8H,2,9-11H2,1H3,(H2,18,22,23)(H2,19,20,21);1H. The van der Waals surface area contributed by atoms with E-state index in [1.165, 1.54) is 18.2 Å². The Morgan fingerprint density at radius 3 is 2.52 bits per heavy atom. The third-order valence-electron chi connectivity index (χ3n) is 3.27. The first kappa shape index (κ1) is 24.1. The van der Waals surface area contributed by atoms with E-state index < -0.39 is 10.0 Å². The molecule has 0 saturated carbocycles. The van der Waals surface area contributed by atoms with Crippen molar-refractivity contribution in [1.29, 1.82) is 0 Å². The number of thioether (sulfide) groups is 1. The van der Waals surface area contributed by atoms with Crippen LogP contribution in [-0.4, -0.2) is 33.7 Å². The molecule has 0 unspecified atom stereocenters. The van der Waals surface area contributed by atoms with Gasteiger partial charge in [0.15, 0.2) is 5.96 Å². The quantitative estimate of drug-likeness (QED) is 0.156. The van der Waals surface area contributed by atoms with Crippen molar-refractivity contribution in [1.82, 2.24) is 10.6 Å². The second-order valence-corrected chi connectivity index (χ2v) is 9.40. The number of aliphatic imine (C=N–C) groups is 1. The van der Waals surface area contributed by atoms with Crippen molar-refractivity contribution in [3.05, 3.63) is 47.1 Å². The molecule has 1 aromatic carbocycles. The summed E-state index contributed by atoms with van der Waals surface area (Å²) in [5.41, 5.74) is 0. The smallest absolute Gasteiger partial charge is 0.247 e. The van der Waals surface area contributed by atoms with Crippen LogP contribution < -0.4 is 15.8 Å². The van der Waals surface area contributed by atoms with Crippen molar-refractivity contribution < 1.29 is 12.8 Å². The number of nitrogens with one attached hydrogen (secondary N) is 2. The van der Waals surface area contributed by atoms with Crippen LogP contribution in [0.15, 0.2) is 50.5 Å². The number of benzene rings is 1. The zero-order valence-electron chi connectivity index (χ0n) is 14.6. The van der Waals surface area contributed by atoms with Crippen molar-refractivity contribution in [3.8, 4) is 0 Å². The number of guanidine groups is 1. The van der Waals surface area contributed by atoms with Crippen molar-refractivity contribution in [2.24, 2.45) is 10.1 Å². The first-order chi connectivity index (χ1) is 12.4. The van der Waals surface area contributed by atoms with Crippen LogP contribution in [0.2, 0.25) is 0 Å². The van der Waals surface area contributed by atoms with Gasteiger partial charge in [0, 0.05) is 23.4 Å². The summed E-state index contributed by atoms with van der Waals surface area (Å²) in [4.78, 5) is 6.02. The van der Waals surface area contributed by atoms with Gasteiger partial charge in [-0.2, -0.15) is 0 Å². The number of hydrogen-bond donors (Lipinski definition) is 3. The molecule has 2 aromatic rings. The van der Waals surface area contributed by atoms with Gasteiger partial charge in [-0.05, 0) is 48.6 Å². The molecular weight excluding hydrogens is 522 g/mol. The molecule has 0 amide bonds. The Morgan fingerprint density at radius 2 is 1.93 bits per heavy atom. The maximum Gasteiger partial charge on any atom is 0.247 e. The molecule has 0 radical (unpaired) electrons. The summed E-state index contributed by atoms with van der Waals surface area (Å²) < 4.78 is 35.5. The highest BCUT2D eigenvalue weighted by atomic mass is 127. The van der Waals surface area contributed by atoms with Gasteiger partial charge in [0.2, 0.25) is 10.0 Å². The predicted octanol–water partition coefficient (Wildman–Crippen LogP) is 3.00. The Labute approximate surface area is 184 Å². The third kappa shape index (κ3) is 8.77. The highest BCUT2D eigenvalue weighted by molar-refractivity contribution is 14.0. The minimum atomic E-state index is -3.65. The maximum absolute atomic E-state index is 12.8. The first-order valence-corrected chi connectivity index (χ1v) is 11.2. The highest BCUT2D eigenvalue weighted by Crippen LogP contribution is 2.20. The predicted molar refractivity (Wildman–Crippen MR) is 121 cm³/mol. The number of nitrogens with two attached hydrogens (primary N) is 1. The SMILES string of the molecule is CN=C(NCCCSc1ccc(F)cc1)NCc1ccc(S(N)(=O)=O)s1.I. The van der Waals surface area contributed by atoms with Crippen molar-refractivity contribution in [3.63, 3.8) is 0 Å². The van der Waals surface area contributed by atoms with E-state index in [-0.39, 0.29) is 34.0 Å². The number of rotatable bonds is 8. The largest absolute Gasteiger partial charge is 0.356 e. The molecule has 0 spiro atoms. The van der Waals surface area contributed by atoms with E-state index in [2.05, 4.69) is 15.6 Å². The molecule has 0 aliphatic carbocycles. The van der Waals surface area contributed by atoms with Gasteiger partial charge in [-0.1, -0.05) is 0 Å². The van der Waals surface area contributed by atoms with Crippen molar-refractivity contribution in [2.75, 3.05) is 19.3 Å². The number of nitrogens with zero attached hydrogens (tertiary/aromatic N) is 1. The minimum Gasteiger partial charge on any atom is -0.356 e. The van der Waals surface area contributed by atoms with Crippen molar-refractivity contribution in [2.45, 2.75) is 22.1 Å². The van der Waals surface area contributed by atoms with Gasteiger partial charge in [-0.3, -0.25) is 4.99 Å². The van der Waals surface area contributed by atoms with Crippen LogP contribution in [0.3, 0.4) is 0 Å². The minimum absolute atomic E-state index is 0. The number of sulfonamides is 1. The molecule has 0 saturated heterocycles. The van der Waals surface area contributed by atoms with E-state index in [4.69, 9.17) is 5.14 Å². The third-order valence-corrected chi connectivity index (χ3v) is 6.89. The van der Waals surface area contributed by atoms with Crippen LogP contribution in [-0.2, 0) is 16.6 Å². The average Bonchev–Trinajstić information content (AvgIpc) is 3.08. The molecule has 0 aliphatic rings. The number of thiophene rings is 1. The van der Waals surface area contributed by atoms with E-state index in [9.17, 15) is 12.8 Å². The lowest BCUT2D eigenvalue weighted by Crippen LogP contribution is -2.37. The summed E-state index contributed by atoms with van der Waals surface area (Å²) in [5.74, 6) is 1.31. The van der Waals surface area contributed by atoms with Crippen LogP contribution >= 0.6 is 47.1 Å². The van der Waals surface area contributed by atoms with Crippen LogP contribution in [0.1, 0.15) is 11.3 Å². The van der Waals surface area contributed by atoms with Gasteiger partial charge in [-0.25, -0.2) is 17.9 Å². The summed E-state index contributed by atoms with van der Waals surface area (Å²) in [5, 5.41) is 11.4. The normalized spacial score (nSPS) is 11.7. The molecule has 0 fully saturated rings. The van der Waals surface area contributed by atoms with Gasteiger partial charge >= 0.3 is 0 Å². The number of halogens is 2. The van der Waals surface area contributed by atoms with Crippen molar-refractivity contribution >= 4 is 63.1 Å². The molecule has 2 rings (SSSR count). The van der Waals surface area contributed by atoms with Crippen LogP contribution in [0.25, 0.3) is 0 Å². The lowest BCUT2D eigenvalue weighted by atomic mass is 10.4. The molecule has 27 heavy (non-hydrogen) atoms. The van der Waals surface area contributed by atoms with E-state index >= 15 is 0 Å². The molecular formula is C16H22FIN4O2S3. The van der Waals surface area contributed by atoms with Gasteiger partial charge in [0.1, 0.15) is 10.0 Å². The van der Waals surface area contributed by atoms with E-state index in [1.807, 2.05) is 0 Å². The molecule has 0 atom stereocenters. The maximum atomic E-state index is 12.8. The Bertz CT molecular complexity index is 842. The van der Waals surface area contributed by atoms with Gasteiger partial charge in [0.25, 0.3) is 0 Å². The summed E-state index contributed by atoms with van der Waals surface area (Å²) in [6, 6.07) is 9.68. The van der Waals surface area contributed by atoms with E-state index in [0.29, 0.717) is 12.5 Å². The summed E-state index contributed by atoms with van der Waals surface area (Å²) in [6.07, 6.45) is 0.914. The molecule has 150 valence electrons. The second kappa shape index (κ2) is 11.8. The Kier molecular flexibility index (Phi) is 10.6. The molecule has 4 N–H and O–H groups in total. The zero-order chi connectivity index (χ0) is 19.0. The zero-order valence-corrected chi connectivity index (χ0v) is 19.4. The summed E-state index contributed by atoms with van der Waals surface area (Å²) in [6.45, 7) is 1.20.